The van der Waals surface area contributed by atoms with E-state index < -0.39 is 27.3 Å². The number of hydrogen-bond donors (Lipinski definition) is 1. The molecule has 0 atom stereocenters. The van der Waals surface area contributed by atoms with Crippen LogP contribution in [0.2, 0.25) is 0 Å². The molecule has 0 unspecified atom stereocenters. The summed E-state index contributed by atoms with van der Waals surface area (Å²) in [7, 11) is -4.27. The highest BCUT2D eigenvalue weighted by molar-refractivity contribution is 7.92. The van der Waals surface area contributed by atoms with Crippen LogP contribution in [0.1, 0.15) is 11.1 Å². The molecule has 0 heterocycles. The zero-order valence-electron chi connectivity index (χ0n) is 10.9. The van der Waals surface area contributed by atoms with E-state index in [9.17, 15) is 17.2 Å². The van der Waals surface area contributed by atoms with Gasteiger partial charge in [0.05, 0.1) is 5.56 Å². The minimum atomic E-state index is -4.27. The molecule has 21 heavy (non-hydrogen) atoms. The first-order valence-corrected chi connectivity index (χ1v) is 7.31. The molecule has 0 aliphatic rings. The van der Waals surface area contributed by atoms with Crippen molar-refractivity contribution in [2.45, 2.75) is 11.8 Å². The van der Waals surface area contributed by atoms with Crippen molar-refractivity contribution in [2.75, 3.05) is 4.72 Å². The quantitative estimate of drug-likeness (QED) is 0.947. The molecule has 2 rings (SSSR count). The number of aryl methyl sites for hydroxylation is 1. The molecule has 0 aliphatic carbocycles. The van der Waals surface area contributed by atoms with Crippen LogP contribution < -0.4 is 4.72 Å². The fourth-order valence-electron chi connectivity index (χ4n) is 1.73. The standard InChI is InChI=1S/C14H10F2N2O2S/c1-9-6-7-11(15)14(13(9)16)18-21(19,20)12-5-3-2-4-10(12)8-17/h2-7,18H,1H3. The summed E-state index contributed by atoms with van der Waals surface area (Å²) in [6.45, 7) is 1.38. The van der Waals surface area contributed by atoms with Gasteiger partial charge in [0, 0.05) is 0 Å². The van der Waals surface area contributed by atoms with Crippen LogP contribution in [0.5, 0.6) is 0 Å². The second-order valence-electron chi connectivity index (χ2n) is 4.27. The van der Waals surface area contributed by atoms with Gasteiger partial charge < -0.3 is 0 Å². The van der Waals surface area contributed by atoms with E-state index in [1.807, 2.05) is 4.72 Å². The summed E-state index contributed by atoms with van der Waals surface area (Å²) in [6.07, 6.45) is 0. The van der Waals surface area contributed by atoms with Gasteiger partial charge in [-0.2, -0.15) is 5.26 Å². The lowest BCUT2D eigenvalue weighted by Crippen LogP contribution is -2.16. The van der Waals surface area contributed by atoms with Gasteiger partial charge in [0.1, 0.15) is 22.5 Å². The highest BCUT2D eigenvalue weighted by atomic mass is 32.2. The second kappa shape index (κ2) is 5.50. The Morgan fingerprint density at radius 2 is 1.81 bits per heavy atom. The SMILES string of the molecule is Cc1ccc(F)c(NS(=O)(=O)c2ccccc2C#N)c1F. The topological polar surface area (TPSA) is 70.0 Å². The lowest BCUT2D eigenvalue weighted by Gasteiger charge is -2.11. The number of hydrogen-bond acceptors (Lipinski definition) is 3. The molecular formula is C14H10F2N2O2S. The van der Waals surface area contributed by atoms with E-state index in [2.05, 4.69) is 0 Å². The van der Waals surface area contributed by atoms with E-state index in [1.54, 1.807) is 6.07 Å². The maximum absolute atomic E-state index is 13.9. The van der Waals surface area contributed by atoms with Crippen LogP contribution in [-0.4, -0.2) is 8.42 Å². The molecule has 0 bridgehead atoms. The molecular weight excluding hydrogens is 298 g/mol. The number of anilines is 1. The van der Waals surface area contributed by atoms with Gasteiger partial charge >= 0.3 is 0 Å². The molecule has 7 heteroatoms. The van der Waals surface area contributed by atoms with Gasteiger partial charge in [-0.1, -0.05) is 18.2 Å². The Morgan fingerprint density at radius 1 is 1.14 bits per heavy atom. The van der Waals surface area contributed by atoms with E-state index in [0.717, 1.165) is 6.07 Å². The summed E-state index contributed by atoms with van der Waals surface area (Å²) in [5, 5.41) is 8.91. The van der Waals surface area contributed by atoms with Crippen LogP contribution in [0.25, 0.3) is 0 Å². The first-order valence-electron chi connectivity index (χ1n) is 5.83. The third-order valence-electron chi connectivity index (χ3n) is 2.82. The van der Waals surface area contributed by atoms with Crippen molar-refractivity contribution in [3.05, 3.63) is 59.2 Å². The Balaban J connectivity index is 2.54. The Bertz CT molecular complexity index is 843. The fraction of sp³-hybridized carbons (Fsp3) is 0.0714. The third kappa shape index (κ3) is 2.85. The van der Waals surface area contributed by atoms with Crippen molar-refractivity contribution in [1.82, 2.24) is 0 Å². The molecule has 0 amide bonds. The number of halogens is 2. The molecule has 2 aromatic carbocycles. The van der Waals surface area contributed by atoms with Gasteiger partial charge in [-0.05, 0) is 30.7 Å². The molecule has 0 saturated heterocycles. The molecule has 4 nitrogen and oxygen atoms in total. The maximum atomic E-state index is 13.9. The number of nitriles is 1. The summed E-state index contributed by atoms with van der Waals surface area (Å²) < 4.78 is 53.7. The molecule has 0 fully saturated rings. The third-order valence-corrected chi connectivity index (χ3v) is 4.23. The minimum absolute atomic E-state index is 0.0997. The van der Waals surface area contributed by atoms with E-state index >= 15 is 0 Å². The van der Waals surface area contributed by atoms with Gasteiger partial charge in [0.15, 0.2) is 5.82 Å². The number of sulfonamides is 1. The lowest BCUT2D eigenvalue weighted by molar-refractivity contribution is 0.578. The summed E-state index contributed by atoms with van der Waals surface area (Å²) in [5.74, 6) is -2.02. The molecule has 0 radical (unpaired) electrons. The summed E-state index contributed by atoms with van der Waals surface area (Å²) in [4.78, 5) is -0.340. The van der Waals surface area contributed by atoms with Crippen molar-refractivity contribution < 1.29 is 17.2 Å². The highest BCUT2D eigenvalue weighted by Crippen LogP contribution is 2.25. The molecule has 0 spiro atoms. The monoisotopic (exact) mass is 308 g/mol. The van der Waals surface area contributed by atoms with Gasteiger partial charge in [-0.15, -0.1) is 0 Å². The van der Waals surface area contributed by atoms with Gasteiger partial charge in [0.2, 0.25) is 0 Å². The smallest absolute Gasteiger partial charge is 0.263 e. The number of nitrogens with one attached hydrogen (secondary N) is 1. The molecule has 0 aromatic heterocycles. The fourth-order valence-corrected chi connectivity index (χ4v) is 2.96. The Kier molecular flexibility index (Phi) is 3.91. The van der Waals surface area contributed by atoms with Crippen LogP contribution in [0.4, 0.5) is 14.5 Å². The normalized spacial score (nSPS) is 11.0. The van der Waals surface area contributed by atoms with Crippen LogP contribution >= 0.6 is 0 Å². The summed E-state index contributed by atoms with van der Waals surface area (Å²) in [5.41, 5.74) is -0.774. The molecule has 0 aliphatic heterocycles. The van der Waals surface area contributed by atoms with E-state index in [0.29, 0.717) is 0 Å². The predicted molar refractivity (Wildman–Crippen MR) is 73.1 cm³/mol. The zero-order chi connectivity index (χ0) is 15.6. The first-order chi connectivity index (χ1) is 9.86. The second-order valence-corrected chi connectivity index (χ2v) is 5.92. The average molecular weight is 308 g/mol. The van der Waals surface area contributed by atoms with Crippen molar-refractivity contribution in [3.63, 3.8) is 0 Å². The van der Waals surface area contributed by atoms with Crippen molar-refractivity contribution in [3.8, 4) is 6.07 Å². The maximum Gasteiger partial charge on any atom is 0.263 e. The van der Waals surface area contributed by atoms with Crippen LogP contribution in [0, 0.1) is 29.9 Å². The summed E-state index contributed by atoms with van der Waals surface area (Å²) >= 11 is 0. The largest absolute Gasteiger partial charge is 0.274 e. The lowest BCUT2D eigenvalue weighted by atomic mass is 10.2. The molecule has 2 aromatic rings. The van der Waals surface area contributed by atoms with Crippen LogP contribution in [0.3, 0.4) is 0 Å². The molecule has 1 N–H and O–H groups in total. The molecule has 0 saturated carbocycles. The number of benzene rings is 2. The first kappa shape index (κ1) is 14.9. The van der Waals surface area contributed by atoms with Gasteiger partial charge in [-0.25, -0.2) is 17.2 Å². The Morgan fingerprint density at radius 3 is 2.48 bits per heavy atom. The van der Waals surface area contributed by atoms with Crippen molar-refractivity contribution in [2.24, 2.45) is 0 Å². The average Bonchev–Trinajstić information content (AvgIpc) is 2.47. The van der Waals surface area contributed by atoms with Crippen LogP contribution in [-0.2, 0) is 10.0 Å². The van der Waals surface area contributed by atoms with Crippen molar-refractivity contribution >= 4 is 15.7 Å². The molecule has 108 valence electrons. The zero-order valence-corrected chi connectivity index (χ0v) is 11.7. The van der Waals surface area contributed by atoms with Crippen molar-refractivity contribution in [1.29, 1.82) is 5.26 Å². The number of nitrogens with zero attached hydrogens (tertiary/aromatic N) is 1. The highest BCUT2D eigenvalue weighted by Gasteiger charge is 2.22. The van der Waals surface area contributed by atoms with E-state index in [-0.39, 0.29) is 16.0 Å². The summed E-state index contributed by atoms with van der Waals surface area (Å²) in [6, 6.07) is 9.28. The van der Waals surface area contributed by atoms with E-state index in [4.69, 9.17) is 5.26 Å². The van der Waals surface area contributed by atoms with Gasteiger partial charge in [-0.3, -0.25) is 4.72 Å². The minimum Gasteiger partial charge on any atom is -0.274 e. The Hall–Kier alpha value is -2.46. The van der Waals surface area contributed by atoms with Gasteiger partial charge in [0.25, 0.3) is 10.0 Å². The van der Waals surface area contributed by atoms with E-state index in [1.165, 1.54) is 37.3 Å². The Labute approximate surface area is 120 Å². The predicted octanol–water partition coefficient (Wildman–Crippen LogP) is 2.95. The number of rotatable bonds is 3. The van der Waals surface area contributed by atoms with Crippen LogP contribution in [0.15, 0.2) is 41.3 Å².